The van der Waals surface area contributed by atoms with E-state index in [1.165, 1.54) is 27.2 Å². The van der Waals surface area contributed by atoms with Crippen molar-refractivity contribution in [3.63, 3.8) is 0 Å². The van der Waals surface area contributed by atoms with Crippen molar-refractivity contribution in [1.82, 2.24) is 9.88 Å². The zero-order valence-electron chi connectivity index (χ0n) is 18.4. The monoisotopic (exact) mass is 434 g/mol. The molecule has 5 rings (SSSR count). The van der Waals surface area contributed by atoms with E-state index in [1.807, 2.05) is 24.3 Å². The summed E-state index contributed by atoms with van der Waals surface area (Å²) in [4.78, 5) is 12.4. The molecule has 4 heteroatoms. The van der Waals surface area contributed by atoms with E-state index in [4.69, 9.17) is 5.11 Å². The van der Waals surface area contributed by atoms with E-state index in [0.717, 1.165) is 17.7 Å². The van der Waals surface area contributed by atoms with E-state index in [1.54, 1.807) is 0 Å². The van der Waals surface area contributed by atoms with Gasteiger partial charge >= 0.3 is 0 Å². The highest BCUT2D eigenvalue weighted by atomic mass is 16.3. The predicted octanol–water partition coefficient (Wildman–Crippen LogP) is 5.62. The number of aliphatic hydroxyl groups is 1. The lowest BCUT2D eigenvalue weighted by molar-refractivity contribution is 0.0951. The van der Waals surface area contributed by atoms with Gasteiger partial charge in [-0.25, -0.2) is 0 Å². The standard InChI is InChI=1S/C29H26N2O2/c32-16-4-14-30-29(33)27-8-3-7-24(19-27)25-11-12-28-26(18-25)13-15-31(28)20-21-9-10-22-5-1-2-6-23(22)17-21/h1-3,5-13,15,17-19,32H,4,14,16,20H2,(H,30,33). The fraction of sp³-hybridized carbons (Fsp3) is 0.138. The second-order valence-electron chi connectivity index (χ2n) is 8.31. The van der Waals surface area contributed by atoms with E-state index in [2.05, 4.69) is 82.8 Å². The Hall–Kier alpha value is -3.89. The number of nitrogens with one attached hydrogen (secondary N) is 1. The van der Waals surface area contributed by atoms with Crippen molar-refractivity contribution in [3.05, 3.63) is 108 Å². The van der Waals surface area contributed by atoms with Crippen LogP contribution in [0.3, 0.4) is 0 Å². The van der Waals surface area contributed by atoms with E-state index in [0.29, 0.717) is 18.5 Å². The molecular formula is C29H26N2O2. The number of aromatic nitrogens is 1. The van der Waals surface area contributed by atoms with Crippen molar-refractivity contribution < 1.29 is 9.90 Å². The van der Waals surface area contributed by atoms with Crippen molar-refractivity contribution in [2.45, 2.75) is 13.0 Å². The maximum Gasteiger partial charge on any atom is 0.251 e. The summed E-state index contributed by atoms with van der Waals surface area (Å²) < 4.78 is 2.27. The normalized spacial score (nSPS) is 11.2. The first-order chi connectivity index (χ1) is 16.2. The van der Waals surface area contributed by atoms with Crippen molar-refractivity contribution in [2.75, 3.05) is 13.2 Å². The number of benzene rings is 4. The van der Waals surface area contributed by atoms with E-state index in [9.17, 15) is 4.79 Å². The number of hydrogen-bond acceptors (Lipinski definition) is 2. The molecule has 5 aromatic rings. The largest absolute Gasteiger partial charge is 0.396 e. The third-order valence-electron chi connectivity index (χ3n) is 6.02. The Morgan fingerprint density at radius 3 is 2.52 bits per heavy atom. The van der Waals surface area contributed by atoms with Crippen LogP contribution in [0.1, 0.15) is 22.3 Å². The minimum Gasteiger partial charge on any atom is -0.396 e. The molecule has 0 saturated carbocycles. The van der Waals surface area contributed by atoms with Gasteiger partial charge in [-0.3, -0.25) is 4.79 Å². The van der Waals surface area contributed by atoms with Crippen LogP contribution >= 0.6 is 0 Å². The first-order valence-electron chi connectivity index (χ1n) is 11.3. The average molecular weight is 435 g/mol. The lowest BCUT2D eigenvalue weighted by Crippen LogP contribution is -2.24. The van der Waals surface area contributed by atoms with Gasteiger partial charge in [0.2, 0.25) is 0 Å². The Morgan fingerprint density at radius 2 is 1.64 bits per heavy atom. The summed E-state index contributed by atoms with van der Waals surface area (Å²) in [5.41, 5.74) is 5.17. The van der Waals surface area contributed by atoms with E-state index in [-0.39, 0.29) is 12.5 Å². The summed E-state index contributed by atoms with van der Waals surface area (Å²) in [6.45, 7) is 1.36. The Kier molecular flexibility index (Phi) is 5.92. The average Bonchev–Trinajstić information content (AvgIpc) is 3.26. The van der Waals surface area contributed by atoms with Crippen LogP contribution < -0.4 is 5.32 Å². The summed E-state index contributed by atoms with van der Waals surface area (Å²) in [5, 5.41) is 15.4. The third kappa shape index (κ3) is 4.52. The molecule has 0 bridgehead atoms. The van der Waals surface area contributed by atoms with Gasteiger partial charge in [-0.05, 0) is 70.3 Å². The molecule has 0 aliphatic heterocycles. The second-order valence-corrected chi connectivity index (χ2v) is 8.31. The number of amides is 1. The van der Waals surface area contributed by atoms with Gasteiger partial charge in [0.05, 0.1) is 0 Å². The molecule has 4 aromatic carbocycles. The Labute approximate surface area is 193 Å². The number of aliphatic hydroxyl groups excluding tert-OH is 1. The van der Waals surface area contributed by atoms with Gasteiger partial charge in [-0.1, -0.05) is 54.6 Å². The smallest absolute Gasteiger partial charge is 0.251 e. The highest BCUT2D eigenvalue weighted by molar-refractivity contribution is 5.96. The number of nitrogens with zero attached hydrogens (tertiary/aromatic N) is 1. The molecule has 1 aromatic heterocycles. The number of fused-ring (bicyclic) bond motifs is 2. The van der Waals surface area contributed by atoms with Crippen LogP contribution in [0.2, 0.25) is 0 Å². The summed E-state index contributed by atoms with van der Waals surface area (Å²) in [6.07, 6.45) is 2.69. The molecule has 0 saturated heterocycles. The molecule has 0 unspecified atom stereocenters. The molecule has 0 aliphatic rings. The van der Waals surface area contributed by atoms with E-state index >= 15 is 0 Å². The molecule has 0 aliphatic carbocycles. The lowest BCUT2D eigenvalue weighted by Gasteiger charge is -2.09. The van der Waals surface area contributed by atoms with Gasteiger partial charge in [-0.15, -0.1) is 0 Å². The maximum atomic E-state index is 12.4. The molecule has 1 amide bonds. The molecule has 1 heterocycles. The van der Waals surface area contributed by atoms with Crippen molar-refractivity contribution >= 4 is 27.6 Å². The Balaban J connectivity index is 1.39. The predicted molar refractivity (Wildman–Crippen MR) is 134 cm³/mol. The van der Waals surface area contributed by atoms with Crippen LogP contribution in [0, 0.1) is 0 Å². The van der Waals surface area contributed by atoms with Crippen molar-refractivity contribution in [1.29, 1.82) is 0 Å². The van der Waals surface area contributed by atoms with E-state index < -0.39 is 0 Å². The highest BCUT2D eigenvalue weighted by Crippen LogP contribution is 2.27. The zero-order valence-corrected chi connectivity index (χ0v) is 18.4. The number of carbonyl (C=O) groups excluding carboxylic acids is 1. The quantitative estimate of drug-likeness (QED) is 0.327. The number of carbonyl (C=O) groups is 1. The van der Waals surface area contributed by atoms with Gasteiger partial charge < -0.3 is 15.0 Å². The molecule has 0 radical (unpaired) electrons. The van der Waals surface area contributed by atoms with Crippen LogP contribution in [0.4, 0.5) is 0 Å². The van der Waals surface area contributed by atoms with Crippen LogP contribution in [-0.2, 0) is 6.54 Å². The molecule has 33 heavy (non-hydrogen) atoms. The molecule has 4 nitrogen and oxygen atoms in total. The number of hydrogen-bond donors (Lipinski definition) is 2. The molecule has 0 fully saturated rings. The van der Waals surface area contributed by atoms with Gasteiger partial charge in [0.25, 0.3) is 5.91 Å². The minimum absolute atomic E-state index is 0.0703. The first-order valence-corrected chi connectivity index (χ1v) is 11.3. The third-order valence-corrected chi connectivity index (χ3v) is 6.02. The zero-order chi connectivity index (χ0) is 22.6. The molecule has 0 atom stereocenters. The fourth-order valence-electron chi connectivity index (χ4n) is 4.27. The molecule has 2 N–H and O–H groups in total. The SMILES string of the molecule is O=C(NCCCO)c1cccc(-c2ccc3c(ccn3Cc3ccc4ccccc4c3)c2)c1. The topological polar surface area (TPSA) is 54.3 Å². The first kappa shape index (κ1) is 21.0. The van der Waals surface area contributed by atoms with Crippen LogP contribution in [-0.4, -0.2) is 28.7 Å². The van der Waals surface area contributed by atoms with Crippen LogP contribution in [0.5, 0.6) is 0 Å². The van der Waals surface area contributed by atoms with Crippen LogP contribution in [0.25, 0.3) is 32.8 Å². The Morgan fingerprint density at radius 1 is 0.788 bits per heavy atom. The fourth-order valence-corrected chi connectivity index (χ4v) is 4.27. The van der Waals surface area contributed by atoms with Gasteiger partial charge in [0, 0.05) is 42.4 Å². The molecule has 164 valence electrons. The van der Waals surface area contributed by atoms with Gasteiger partial charge in [0.1, 0.15) is 0 Å². The number of rotatable bonds is 7. The maximum absolute atomic E-state index is 12.4. The summed E-state index contributed by atoms with van der Waals surface area (Å²) in [5.74, 6) is -0.118. The lowest BCUT2D eigenvalue weighted by atomic mass is 10.0. The summed E-state index contributed by atoms with van der Waals surface area (Å²) in [6, 6.07) is 31.3. The second kappa shape index (κ2) is 9.31. The molecule has 0 spiro atoms. The summed E-state index contributed by atoms with van der Waals surface area (Å²) in [7, 11) is 0. The van der Waals surface area contributed by atoms with Gasteiger partial charge in [-0.2, -0.15) is 0 Å². The summed E-state index contributed by atoms with van der Waals surface area (Å²) >= 11 is 0. The van der Waals surface area contributed by atoms with Crippen molar-refractivity contribution in [2.24, 2.45) is 0 Å². The van der Waals surface area contributed by atoms with Crippen LogP contribution in [0.15, 0.2) is 97.2 Å². The van der Waals surface area contributed by atoms with Gasteiger partial charge in [0.15, 0.2) is 0 Å². The highest BCUT2D eigenvalue weighted by Gasteiger charge is 2.09. The molecular weight excluding hydrogens is 408 g/mol. The van der Waals surface area contributed by atoms with Crippen molar-refractivity contribution in [3.8, 4) is 11.1 Å². The Bertz CT molecular complexity index is 1430. The minimum atomic E-state index is -0.118.